The lowest BCUT2D eigenvalue weighted by Crippen LogP contribution is -2.44. The highest BCUT2D eigenvalue weighted by Gasteiger charge is 2.32. The molecule has 0 spiro atoms. The lowest BCUT2D eigenvalue weighted by atomic mass is 10.1. The first-order valence-corrected chi connectivity index (χ1v) is 9.27. The Hall–Kier alpha value is -1.60. The average molecular weight is 332 g/mol. The van der Waals surface area contributed by atoms with E-state index in [-0.39, 0.29) is 18.1 Å². The number of ether oxygens (including phenoxy) is 1. The molecule has 4 rings (SSSR count). The van der Waals surface area contributed by atoms with Gasteiger partial charge in [-0.3, -0.25) is 9.20 Å². The Kier molecular flexibility index (Phi) is 4.22. The van der Waals surface area contributed by atoms with E-state index in [1.54, 1.807) is 16.8 Å². The Labute approximate surface area is 139 Å². The first-order chi connectivity index (χ1) is 11.3. The minimum absolute atomic E-state index is 0.00139. The Morgan fingerprint density at radius 3 is 3.17 bits per heavy atom. The number of thioether (sulfide) groups is 1. The second-order valence-corrected chi connectivity index (χ2v) is 7.21. The van der Waals surface area contributed by atoms with E-state index in [4.69, 9.17) is 4.74 Å². The highest BCUT2D eigenvalue weighted by atomic mass is 32.2. The zero-order chi connectivity index (χ0) is 15.6. The van der Waals surface area contributed by atoms with Gasteiger partial charge in [-0.15, -0.1) is 0 Å². The molecule has 0 N–H and O–H groups in total. The number of carbonyl (C=O) groups excluding carboxylic acids is 1. The van der Waals surface area contributed by atoms with Crippen LogP contribution in [-0.2, 0) is 4.74 Å². The van der Waals surface area contributed by atoms with Crippen molar-refractivity contribution in [1.82, 2.24) is 19.3 Å². The summed E-state index contributed by atoms with van der Waals surface area (Å²) in [6, 6.07) is 2.12. The Bertz CT molecular complexity index is 659. The SMILES string of the molecule is O=C(c1cn2cccnc2n1)N(C[C@H]1CCCO1)[C@H]1CCSC1. The summed E-state index contributed by atoms with van der Waals surface area (Å²) in [6.45, 7) is 1.48. The van der Waals surface area contributed by atoms with Crippen molar-refractivity contribution >= 4 is 23.4 Å². The van der Waals surface area contributed by atoms with E-state index >= 15 is 0 Å². The second-order valence-electron chi connectivity index (χ2n) is 6.06. The monoisotopic (exact) mass is 332 g/mol. The van der Waals surface area contributed by atoms with Crippen molar-refractivity contribution in [2.45, 2.75) is 31.4 Å². The predicted octanol–water partition coefficient (Wildman–Crippen LogP) is 1.86. The van der Waals surface area contributed by atoms with Crippen molar-refractivity contribution in [1.29, 1.82) is 0 Å². The summed E-state index contributed by atoms with van der Waals surface area (Å²) in [4.78, 5) is 23.6. The van der Waals surface area contributed by atoms with Crippen LogP contribution in [0.2, 0.25) is 0 Å². The molecule has 4 heterocycles. The number of hydrogen-bond acceptors (Lipinski definition) is 5. The predicted molar refractivity (Wildman–Crippen MR) is 88.7 cm³/mol. The maximum Gasteiger partial charge on any atom is 0.274 e. The van der Waals surface area contributed by atoms with E-state index in [1.807, 2.05) is 28.9 Å². The number of hydrogen-bond donors (Lipinski definition) is 0. The third-order valence-corrected chi connectivity index (χ3v) is 5.63. The van der Waals surface area contributed by atoms with Crippen LogP contribution in [-0.4, -0.2) is 62.0 Å². The molecule has 2 aromatic heterocycles. The van der Waals surface area contributed by atoms with Gasteiger partial charge < -0.3 is 9.64 Å². The molecule has 23 heavy (non-hydrogen) atoms. The molecule has 2 fully saturated rings. The van der Waals surface area contributed by atoms with E-state index in [1.165, 1.54) is 0 Å². The van der Waals surface area contributed by atoms with Crippen molar-refractivity contribution in [3.63, 3.8) is 0 Å². The Morgan fingerprint density at radius 2 is 2.43 bits per heavy atom. The Balaban J connectivity index is 1.59. The van der Waals surface area contributed by atoms with E-state index < -0.39 is 0 Å². The molecular formula is C16H20N4O2S. The molecule has 0 saturated carbocycles. The summed E-state index contributed by atoms with van der Waals surface area (Å²) >= 11 is 1.91. The fourth-order valence-corrected chi connectivity index (χ4v) is 4.48. The molecule has 0 bridgehead atoms. The van der Waals surface area contributed by atoms with Gasteiger partial charge in [0.05, 0.1) is 6.10 Å². The highest BCUT2D eigenvalue weighted by Crippen LogP contribution is 2.25. The molecule has 0 radical (unpaired) electrons. The summed E-state index contributed by atoms with van der Waals surface area (Å²) in [5.41, 5.74) is 0.471. The van der Waals surface area contributed by atoms with Crippen molar-refractivity contribution in [3.05, 3.63) is 30.4 Å². The number of carbonyl (C=O) groups is 1. The van der Waals surface area contributed by atoms with Gasteiger partial charge in [0.25, 0.3) is 5.91 Å². The molecule has 1 amide bonds. The van der Waals surface area contributed by atoms with Crippen LogP contribution in [0.3, 0.4) is 0 Å². The minimum Gasteiger partial charge on any atom is -0.376 e. The molecule has 6 nitrogen and oxygen atoms in total. The maximum atomic E-state index is 13.0. The van der Waals surface area contributed by atoms with Crippen LogP contribution < -0.4 is 0 Å². The van der Waals surface area contributed by atoms with Gasteiger partial charge in [0.1, 0.15) is 5.69 Å². The van der Waals surface area contributed by atoms with Gasteiger partial charge >= 0.3 is 0 Å². The van der Waals surface area contributed by atoms with Gasteiger partial charge in [-0.25, -0.2) is 9.97 Å². The molecule has 2 atom stereocenters. The summed E-state index contributed by atoms with van der Waals surface area (Å²) in [7, 11) is 0. The van der Waals surface area contributed by atoms with Crippen LogP contribution >= 0.6 is 11.8 Å². The van der Waals surface area contributed by atoms with Crippen LogP contribution in [0.4, 0.5) is 0 Å². The molecule has 0 aromatic carbocycles. The fourth-order valence-electron chi connectivity index (χ4n) is 3.25. The number of rotatable bonds is 4. The molecule has 2 aliphatic rings. The minimum atomic E-state index is -0.00139. The summed E-state index contributed by atoms with van der Waals surface area (Å²) in [6.07, 6.45) is 8.67. The first-order valence-electron chi connectivity index (χ1n) is 8.11. The zero-order valence-corrected chi connectivity index (χ0v) is 13.7. The maximum absolute atomic E-state index is 13.0. The van der Waals surface area contributed by atoms with Crippen LogP contribution in [0.5, 0.6) is 0 Å². The van der Waals surface area contributed by atoms with E-state index in [9.17, 15) is 4.79 Å². The fraction of sp³-hybridized carbons (Fsp3) is 0.562. The molecule has 2 aliphatic heterocycles. The topological polar surface area (TPSA) is 59.7 Å². The molecule has 122 valence electrons. The molecule has 7 heteroatoms. The number of aromatic nitrogens is 3. The van der Waals surface area contributed by atoms with E-state index in [0.29, 0.717) is 18.0 Å². The van der Waals surface area contributed by atoms with Gasteiger partial charge in [-0.05, 0) is 31.1 Å². The lowest BCUT2D eigenvalue weighted by Gasteiger charge is -2.30. The first kappa shape index (κ1) is 15.0. The molecular weight excluding hydrogens is 312 g/mol. The average Bonchev–Trinajstić information content (AvgIpc) is 3.32. The lowest BCUT2D eigenvalue weighted by molar-refractivity contribution is 0.0438. The highest BCUT2D eigenvalue weighted by molar-refractivity contribution is 7.99. The summed E-state index contributed by atoms with van der Waals surface area (Å²) in [5.74, 6) is 2.68. The zero-order valence-electron chi connectivity index (χ0n) is 12.9. The quantitative estimate of drug-likeness (QED) is 0.855. The standard InChI is InChI=1S/C16H20N4O2S/c21-15(14-10-19-6-2-5-17-16(19)18-14)20(12-4-8-23-11-12)9-13-3-1-7-22-13/h2,5-6,10,12-13H,1,3-4,7-9,11H2/t12-,13+/m0/s1. The third-order valence-electron chi connectivity index (χ3n) is 4.49. The van der Waals surface area contributed by atoms with Gasteiger partial charge in [0.2, 0.25) is 5.78 Å². The molecule has 0 unspecified atom stereocenters. The van der Waals surface area contributed by atoms with E-state index in [2.05, 4.69) is 9.97 Å². The van der Waals surface area contributed by atoms with Crippen LogP contribution in [0.25, 0.3) is 5.78 Å². The third kappa shape index (κ3) is 3.07. The summed E-state index contributed by atoms with van der Waals surface area (Å²) < 4.78 is 7.54. The van der Waals surface area contributed by atoms with Gasteiger partial charge in [-0.1, -0.05) is 0 Å². The second kappa shape index (κ2) is 6.49. The van der Waals surface area contributed by atoms with Crippen molar-refractivity contribution < 1.29 is 9.53 Å². The number of amides is 1. The van der Waals surface area contributed by atoms with Crippen molar-refractivity contribution in [3.8, 4) is 0 Å². The van der Waals surface area contributed by atoms with Crippen molar-refractivity contribution in [2.75, 3.05) is 24.7 Å². The molecule has 2 saturated heterocycles. The van der Waals surface area contributed by atoms with Gasteiger partial charge in [0.15, 0.2) is 0 Å². The number of fused-ring (bicyclic) bond motifs is 1. The van der Waals surface area contributed by atoms with Crippen LogP contribution in [0.1, 0.15) is 29.8 Å². The summed E-state index contributed by atoms with van der Waals surface area (Å²) in [5, 5.41) is 0. The molecule has 2 aromatic rings. The largest absolute Gasteiger partial charge is 0.376 e. The Morgan fingerprint density at radius 1 is 1.48 bits per heavy atom. The van der Waals surface area contributed by atoms with Crippen molar-refractivity contribution in [2.24, 2.45) is 0 Å². The van der Waals surface area contributed by atoms with Gasteiger partial charge in [-0.2, -0.15) is 11.8 Å². The van der Waals surface area contributed by atoms with E-state index in [0.717, 1.165) is 37.4 Å². The van der Waals surface area contributed by atoms with Crippen LogP contribution in [0.15, 0.2) is 24.7 Å². The smallest absolute Gasteiger partial charge is 0.274 e. The number of nitrogens with zero attached hydrogens (tertiary/aromatic N) is 4. The molecule has 0 aliphatic carbocycles. The van der Waals surface area contributed by atoms with Crippen LogP contribution in [0, 0.1) is 0 Å². The van der Waals surface area contributed by atoms with Gasteiger partial charge in [0, 0.05) is 43.5 Å². The normalized spacial score (nSPS) is 24.3. The number of imidazole rings is 1.